The third-order valence-electron chi connectivity index (χ3n) is 6.09. The predicted octanol–water partition coefficient (Wildman–Crippen LogP) is 4.48. The number of ether oxygens (including phenoxy) is 1. The largest absolute Gasteiger partial charge is 0.487 e. The van der Waals surface area contributed by atoms with Crippen LogP contribution < -0.4 is 4.74 Å². The summed E-state index contributed by atoms with van der Waals surface area (Å²) >= 11 is 0. The molecule has 2 aliphatic carbocycles. The van der Waals surface area contributed by atoms with Crippen LogP contribution in [0, 0.1) is 18.8 Å². The number of carbonyl (C=O) groups is 1. The van der Waals surface area contributed by atoms with E-state index in [0.717, 1.165) is 11.3 Å². The van der Waals surface area contributed by atoms with Crippen LogP contribution in [0.5, 0.6) is 5.75 Å². The van der Waals surface area contributed by atoms with Crippen LogP contribution in [0.3, 0.4) is 0 Å². The van der Waals surface area contributed by atoms with Crippen LogP contribution in [0.4, 0.5) is 0 Å². The zero-order chi connectivity index (χ0) is 20.0. The number of imidazole rings is 1. The van der Waals surface area contributed by atoms with Crippen LogP contribution in [0.1, 0.15) is 47.3 Å². The van der Waals surface area contributed by atoms with E-state index in [1.54, 1.807) is 0 Å². The fourth-order valence-electron chi connectivity index (χ4n) is 4.33. The third-order valence-corrected chi connectivity index (χ3v) is 6.09. The van der Waals surface area contributed by atoms with Crippen molar-refractivity contribution in [2.45, 2.75) is 45.3 Å². The third kappa shape index (κ3) is 3.86. The molecule has 0 aliphatic heterocycles. The number of pyridine rings is 1. The van der Waals surface area contributed by atoms with Crippen LogP contribution in [-0.2, 0) is 6.61 Å². The Hall–Kier alpha value is -2.82. The van der Waals surface area contributed by atoms with Crippen molar-refractivity contribution in [1.29, 1.82) is 0 Å². The van der Waals surface area contributed by atoms with Crippen molar-refractivity contribution < 1.29 is 9.53 Å². The first kappa shape index (κ1) is 18.2. The van der Waals surface area contributed by atoms with E-state index in [-0.39, 0.29) is 5.91 Å². The van der Waals surface area contributed by atoms with Gasteiger partial charge in [0.25, 0.3) is 5.91 Å². The fraction of sp³-hybridized carbons (Fsp3) is 0.417. The Morgan fingerprint density at radius 1 is 1.17 bits per heavy atom. The lowest BCUT2D eigenvalue weighted by molar-refractivity contribution is 0.0689. The van der Waals surface area contributed by atoms with E-state index >= 15 is 0 Å². The van der Waals surface area contributed by atoms with E-state index in [2.05, 4.69) is 24.2 Å². The number of amides is 1. The first-order chi connectivity index (χ1) is 14.1. The average molecular weight is 389 g/mol. The molecule has 0 spiro atoms. The Morgan fingerprint density at radius 2 is 1.93 bits per heavy atom. The van der Waals surface area contributed by atoms with Gasteiger partial charge in [-0.2, -0.15) is 0 Å². The van der Waals surface area contributed by atoms with Gasteiger partial charge in [0, 0.05) is 31.0 Å². The Labute approximate surface area is 171 Å². The standard InChI is InChI=1S/C24H27N3O2/c1-16-6-11-22-25-20(14-27(22)13-16)15-29-21-5-3-4-19(12-21)24(28)26(2)23(17-7-8-17)18-9-10-18/h3-6,11-14,17-18,23H,7-10,15H2,1-2H3. The van der Waals surface area contributed by atoms with Crippen molar-refractivity contribution in [2.75, 3.05) is 7.05 Å². The van der Waals surface area contributed by atoms with Gasteiger partial charge in [0.1, 0.15) is 18.0 Å². The molecular formula is C24H27N3O2. The topological polar surface area (TPSA) is 46.8 Å². The normalized spacial score (nSPS) is 16.4. The molecule has 0 N–H and O–H groups in total. The number of rotatable bonds is 7. The van der Waals surface area contributed by atoms with Crippen LogP contribution in [0.2, 0.25) is 0 Å². The maximum atomic E-state index is 13.1. The van der Waals surface area contributed by atoms with Gasteiger partial charge in [-0.15, -0.1) is 0 Å². The number of hydrogen-bond donors (Lipinski definition) is 0. The van der Waals surface area contributed by atoms with Gasteiger partial charge in [0.15, 0.2) is 0 Å². The minimum Gasteiger partial charge on any atom is -0.487 e. The Morgan fingerprint density at radius 3 is 2.66 bits per heavy atom. The summed E-state index contributed by atoms with van der Waals surface area (Å²) in [4.78, 5) is 19.7. The molecule has 0 unspecified atom stereocenters. The molecule has 0 radical (unpaired) electrons. The summed E-state index contributed by atoms with van der Waals surface area (Å²) in [6, 6.07) is 12.0. The van der Waals surface area contributed by atoms with Crippen LogP contribution in [0.15, 0.2) is 48.8 Å². The van der Waals surface area contributed by atoms with E-state index in [0.29, 0.717) is 35.8 Å². The number of carbonyl (C=O) groups excluding carboxylic acids is 1. The second-order valence-electron chi connectivity index (χ2n) is 8.60. The van der Waals surface area contributed by atoms with Gasteiger partial charge < -0.3 is 14.0 Å². The number of benzene rings is 1. The Kier molecular flexibility index (Phi) is 4.53. The highest BCUT2D eigenvalue weighted by atomic mass is 16.5. The second kappa shape index (κ2) is 7.21. The molecule has 5 nitrogen and oxygen atoms in total. The van der Waals surface area contributed by atoms with Gasteiger partial charge in [-0.05, 0) is 74.3 Å². The quantitative estimate of drug-likeness (QED) is 0.598. The van der Waals surface area contributed by atoms with Gasteiger partial charge in [0.05, 0.1) is 5.69 Å². The molecule has 0 bridgehead atoms. The fourth-order valence-corrected chi connectivity index (χ4v) is 4.33. The van der Waals surface area contributed by atoms with Gasteiger partial charge in [-0.3, -0.25) is 4.79 Å². The number of aryl methyl sites for hydroxylation is 1. The van der Waals surface area contributed by atoms with Crippen molar-refractivity contribution in [3.8, 4) is 5.75 Å². The molecule has 0 atom stereocenters. The van der Waals surface area contributed by atoms with Crippen molar-refractivity contribution in [3.05, 3.63) is 65.6 Å². The molecule has 5 rings (SSSR count). The maximum Gasteiger partial charge on any atom is 0.253 e. The van der Waals surface area contributed by atoms with Gasteiger partial charge >= 0.3 is 0 Å². The molecule has 29 heavy (non-hydrogen) atoms. The zero-order valence-corrected chi connectivity index (χ0v) is 17.0. The lowest BCUT2D eigenvalue weighted by Gasteiger charge is -2.28. The Bertz CT molecular complexity index is 1040. The molecule has 1 amide bonds. The highest BCUT2D eigenvalue weighted by Gasteiger charge is 2.45. The molecule has 150 valence electrons. The van der Waals surface area contributed by atoms with Crippen molar-refractivity contribution in [1.82, 2.24) is 14.3 Å². The van der Waals surface area contributed by atoms with Crippen molar-refractivity contribution in [2.24, 2.45) is 11.8 Å². The summed E-state index contributed by atoms with van der Waals surface area (Å²) in [6.07, 6.45) is 9.10. The molecular weight excluding hydrogens is 362 g/mol. The summed E-state index contributed by atoms with van der Waals surface area (Å²) in [5, 5.41) is 0. The zero-order valence-electron chi connectivity index (χ0n) is 17.0. The predicted molar refractivity (Wildman–Crippen MR) is 112 cm³/mol. The van der Waals surface area contributed by atoms with Crippen molar-refractivity contribution >= 4 is 11.6 Å². The highest BCUT2D eigenvalue weighted by molar-refractivity contribution is 5.94. The summed E-state index contributed by atoms with van der Waals surface area (Å²) in [7, 11) is 1.97. The summed E-state index contributed by atoms with van der Waals surface area (Å²) < 4.78 is 7.97. The first-order valence-corrected chi connectivity index (χ1v) is 10.5. The van der Waals surface area contributed by atoms with Crippen LogP contribution in [0.25, 0.3) is 5.65 Å². The molecule has 1 aromatic carbocycles. The van der Waals surface area contributed by atoms with Gasteiger partial charge in [-0.1, -0.05) is 12.1 Å². The number of hydrogen-bond acceptors (Lipinski definition) is 3. The average Bonchev–Trinajstić information content (AvgIpc) is 3.66. The molecule has 0 saturated heterocycles. The van der Waals surface area contributed by atoms with E-state index in [9.17, 15) is 4.79 Å². The molecule has 2 fully saturated rings. The highest BCUT2D eigenvalue weighted by Crippen LogP contribution is 2.47. The minimum atomic E-state index is 0.0995. The molecule has 5 heteroatoms. The monoisotopic (exact) mass is 389 g/mol. The second-order valence-corrected chi connectivity index (χ2v) is 8.60. The van der Waals surface area contributed by atoms with E-state index in [1.807, 2.05) is 52.9 Å². The lowest BCUT2D eigenvalue weighted by atomic mass is 10.0. The van der Waals surface area contributed by atoms with Crippen LogP contribution >= 0.6 is 0 Å². The van der Waals surface area contributed by atoms with Crippen LogP contribution in [-0.4, -0.2) is 33.3 Å². The van der Waals surface area contributed by atoms with Gasteiger partial charge in [0.2, 0.25) is 0 Å². The lowest BCUT2D eigenvalue weighted by Crippen LogP contribution is -2.40. The number of nitrogens with zero attached hydrogens (tertiary/aromatic N) is 3. The SMILES string of the molecule is Cc1ccc2nc(COc3cccc(C(=O)N(C)C(C4CC4)C4CC4)c3)cn2c1. The summed E-state index contributed by atoms with van der Waals surface area (Å²) in [5.41, 5.74) is 3.66. The first-order valence-electron chi connectivity index (χ1n) is 10.5. The Balaban J connectivity index is 1.28. The molecule has 2 aliphatic rings. The summed E-state index contributed by atoms with van der Waals surface area (Å²) in [5.74, 6) is 2.21. The van der Waals surface area contributed by atoms with E-state index in [4.69, 9.17) is 4.74 Å². The van der Waals surface area contributed by atoms with Gasteiger partial charge in [-0.25, -0.2) is 4.98 Å². The smallest absolute Gasteiger partial charge is 0.253 e. The van der Waals surface area contributed by atoms with E-state index in [1.165, 1.54) is 31.2 Å². The molecule has 2 heterocycles. The number of fused-ring (bicyclic) bond motifs is 1. The van der Waals surface area contributed by atoms with E-state index < -0.39 is 0 Å². The van der Waals surface area contributed by atoms with Crippen molar-refractivity contribution in [3.63, 3.8) is 0 Å². The molecule has 3 aromatic rings. The molecule has 2 saturated carbocycles. The number of aromatic nitrogens is 2. The summed E-state index contributed by atoms with van der Waals surface area (Å²) in [6.45, 7) is 2.44. The minimum absolute atomic E-state index is 0.0995. The molecule has 2 aromatic heterocycles. The maximum absolute atomic E-state index is 13.1.